The lowest BCUT2D eigenvalue weighted by Gasteiger charge is -2.33. The smallest absolute Gasteiger partial charge is 0.246 e. The number of aryl methyl sites for hydroxylation is 1. The van der Waals surface area contributed by atoms with Gasteiger partial charge in [0.1, 0.15) is 6.04 Å². The summed E-state index contributed by atoms with van der Waals surface area (Å²) in [5.41, 5.74) is 0. The number of thiazole rings is 1. The first-order valence-electron chi connectivity index (χ1n) is 7.61. The molecule has 1 saturated carbocycles. The van der Waals surface area contributed by atoms with Crippen molar-refractivity contribution in [2.75, 3.05) is 18.7 Å². The van der Waals surface area contributed by atoms with Gasteiger partial charge in [-0.1, -0.05) is 6.42 Å². The largest absolute Gasteiger partial charge is 0.339 e. The van der Waals surface area contributed by atoms with Crippen LogP contribution in [0.4, 0.5) is 0 Å². The Morgan fingerprint density at radius 2 is 2.23 bits per heavy atom. The van der Waals surface area contributed by atoms with Crippen molar-refractivity contribution in [1.82, 2.24) is 14.8 Å². The fourth-order valence-corrected chi connectivity index (χ4v) is 4.80. The molecule has 2 amide bonds. The first kappa shape index (κ1) is 15.8. The van der Waals surface area contributed by atoms with E-state index in [1.807, 2.05) is 20.2 Å². The zero-order valence-electron chi connectivity index (χ0n) is 12.9. The van der Waals surface area contributed by atoms with Crippen molar-refractivity contribution in [1.29, 1.82) is 0 Å². The second-order valence-electron chi connectivity index (χ2n) is 5.99. The van der Waals surface area contributed by atoms with Crippen LogP contribution in [0.3, 0.4) is 0 Å². The summed E-state index contributed by atoms with van der Waals surface area (Å²) in [5, 5.41) is 1.01. The molecule has 2 fully saturated rings. The quantitative estimate of drug-likeness (QED) is 0.843. The van der Waals surface area contributed by atoms with Crippen LogP contribution in [0.5, 0.6) is 0 Å². The molecule has 22 heavy (non-hydrogen) atoms. The highest BCUT2D eigenvalue weighted by atomic mass is 32.2. The van der Waals surface area contributed by atoms with Crippen molar-refractivity contribution in [3.8, 4) is 0 Å². The summed E-state index contributed by atoms with van der Waals surface area (Å²) in [6.07, 6.45) is 4.93. The van der Waals surface area contributed by atoms with Gasteiger partial charge in [-0.25, -0.2) is 4.98 Å². The van der Waals surface area contributed by atoms with Crippen LogP contribution in [0, 0.1) is 12.8 Å². The van der Waals surface area contributed by atoms with Crippen molar-refractivity contribution in [2.45, 2.75) is 38.8 Å². The Hall–Kier alpha value is -1.08. The van der Waals surface area contributed by atoms with Gasteiger partial charge in [-0.3, -0.25) is 9.59 Å². The Bertz CT molecular complexity index is 571. The zero-order valence-corrected chi connectivity index (χ0v) is 14.6. The molecule has 0 bridgehead atoms. The minimum atomic E-state index is -0.294. The van der Waals surface area contributed by atoms with Gasteiger partial charge in [-0.05, 0) is 19.8 Å². The van der Waals surface area contributed by atoms with Gasteiger partial charge < -0.3 is 9.80 Å². The normalized spacial score (nSPS) is 21.7. The van der Waals surface area contributed by atoms with E-state index >= 15 is 0 Å². The minimum Gasteiger partial charge on any atom is -0.339 e. The Morgan fingerprint density at radius 1 is 1.45 bits per heavy atom. The van der Waals surface area contributed by atoms with Crippen LogP contribution in [-0.4, -0.2) is 51.3 Å². The third-order valence-electron chi connectivity index (χ3n) is 4.34. The summed E-state index contributed by atoms with van der Waals surface area (Å²) in [4.78, 5) is 34.0. The third kappa shape index (κ3) is 3.15. The van der Waals surface area contributed by atoms with Crippen LogP contribution in [-0.2, 0) is 16.1 Å². The first-order valence-corrected chi connectivity index (χ1v) is 9.58. The summed E-state index contributed by atoms with van der Waals surface area (Å²) < 4.78 is 0. The zero-order chi connectivity index (χ0) is 15.7. The van der Waals surface area contributed by atoms with Gasteiger partial charge in [-0.2, -0.15) is 0 Å². The molecule has 120 valence electrons. The lowest BCUT2D eigenvalue weighted by atomic mass is 9.84. The van der Waals surface area contributed by atoms with Gasteiger partial charge in [0.15, 0.2) is 0 Å². The number of thioether (sulfide) groups is 1. The predicted molar refractivity (Wildman–Crippen MR) is 88.6 cm³/mol. The Kier molecular flexibility index (Phi) is 4.73. The summed E-state index contributed by atoms with van der Waals surface area (Å²) in [7, 11) is 1.81. The van der Waals surface area contributed by atoms with E-state index in [1.165, 1.54) is 0 Å². The van der Waals surface area contributed by atoms with Crippen LogP contribution in [0.15, 0.2) is 6.20 Å². The van der Waals surface area contributed by atoms with E-state index in [0.29, 0.717) is 18.2 Å². The average molecular weight is 339 g/mol. The van der Waals surface area contributed by atoms with E-state index in [4.69, 9.17) is 0 Å². The molecule has 2 heterocycles. The number of carbonyl (C=O) groups is 2. The maximum atomic E-state index is 12.7. The number of amides is 2. The number of hydrogen-bond donors (Lipinski definition) is 0. The fraction of sp³-hybridized carbons (Fsp3) is 0.667. The second-order valence-corrected chi connectivity index (χ2v) is 8.31. The highest BCUT2D eigenvalue weighted by molar-refractivity contribution is 7.99. The fourth-order valence-electron chi connectivity index (χ4n) is 2.80. The topological polar surface area (TPSA) is 53.5 Å². The predicted octanol–water partition coefficient (Wildman–Crippen LogP) is 2.11. The molecule has 7 heteroatoms. The summed E-state index contributed by atoms with van der Waals surface area (Å²) in [6, 6.07) is -0.294. The number of aromatic nitrogens is 1. The summed E-state index contributed by atoms with van der Waals surface area (Å²) in [5.74, 6) is 1.74. The maximum absolute atomic E-state index is 12.7. The summed E-state index contributed by atoms with van der Waals surface area (Å²) in [6.45, 7) is 2.53. The maximum Gasteiger partial charge on any atom is 0.246 e. The van der Waals surface area contributed by atoms with Crippen LogP contribution in [0.2, 0.25) is 0 Å². The average Bonchev–Trinajstić information content (AvgIpc) is 3.04. The first-order chi connectivity index (χ1) is 10.6. The van der Waals surface area contributed by atoms with Crippen LogP contribution >= 0.6 is 23.1 Å². The second kappa shape index (κ2) is 6.58. The van der Waals surface area contributed by atoms with Gasteiger partial charge in [-0.15, -0.1) is 23.1 Å². The molecule has 3 rings (SSSR count). The summed E-state index contributed by atoms with van der Waals surface area (Å²) >= 11 is 3.28. The molecule has 0 N–H and O–H groups in total. The number of nitrogens with zero attached hydrogens (tertiary/aromatic N) is 3. The van der Waals surface area contributed by atoms with Crippen molar-refractivity contribution in [3.63, 3.8) is 0 Å². The Balaban J connectivity index is 1.63. The van der Waals surface area contributed by atoms with Crippen LogP contribution in [0.1, 0.15) is 29.1 Å². The highest BCUT2D eigenvalue weighted by Crippen LogP contribution is 2.32. The van der Waals surface area contributed by atoms with E-state index in [1.54, 1.807) is 32.9 Å². The molecule has 1 aromatic heterocycles. The number of rotatable bonds is 4. The SMILES string of the molecule is Cc1ncc(CN(C)C(=O)[C@H]2CSCN2C(=O)C2CCC2)s1. The molecule has 0 unspecified atom stereocenters. The molecule has 0 spiro atoms. The van der Waals surface area contributed by atoms with Gasteiger partial charge >= 0.3 is 0 Å². The van der Waals surface area contributed by atoms with E-state index < -0.39 is 0 Å². The Labute approximate surface area is 139 Å². The lowest BCUT2D eigenvalue weighted by Crippen LogP contribution is -2.50. The minimum absolute atomic E-state index is 0.0451. The highest BCUT2D eigenvalue weighted by Gasteiger charge is 2.40. The van der Waals surface area contributed by atoms with Crippen molar-refractivity contribution < 1.29 is 9.59 Å². The van der Waals surface area contributed by atoms with Crippen LogP contribution < -0.4 is 0 Å². The van der Waals surface area contributed by atoms with Gasteiger partial charge in [0, 0.05) is 29.8 Å². The molecule has 1 atom stereocenters. The van der Waals surface area contributed by atoms with Gasteiger partial charge in [0.25, 0.3) is 0 Å². The molecular weight excluding hydrogens is 318 g/mol. The molecule has 0 aromatic carbocycles. The van der Waals surface area contributed by atoms with E-state index in [9.17, 15) is 9.59 Å². The lowest BCUT2D eigenvalue weighted by molar-refractivity contribution is -0.146. The molecule has 1 aliphatic heterocycles. The molecule has 1 saturated heterocycles. The van der Waals surface area contributed by atoms with E-state index in [0.717, 1.165) is 29.1 Å². The standard InChI is InChI=1S/C15H21N3O2S2/c1-10-16-6-12(22-10)7-17(2)15(20)13-8-21-9-18(13)14(19)11-4-3-5-11/h6,11,13H,3-5,7-9H2,1-2H3/t13-/m1/s1. The molecule has 1 aromatic rings. The van der Waals surface area contributed by atoms with E-state index in [2.05, 4.69) is 4.98 Å². The number of likely N-dealkylation sites (N-methyl/N-ethyl adjacent to an activating group) is 1. The van der Waals surface area contributed by atoms with Gasteiger partial charge in [0.05, 0.1) is 17.4 Å². The molecule has 0 radical (unpaired) electrons. The molecule has 2 aliphatic rings. The van der Waals surface area contributed by atoms with Crippen molar-refractivity contribution >= 4 is 34.9 Å². The van der Waals surface area contributed by atoms with Crippen molar-refractivity contribution in [2.24, 2.45) is 5.92 Å². The third-order valence-corrected chi connectivity index (χ3v) is 6.25. The van der Waals surface area contributed by atoms with Gasteiger partial charge in [0.2, 0.25) is 11.8 Å². The molecular formula is C15H21N3O2S2. The molecule has 1 aliphatic carbocycles. The monoisotopic (exact) mass is 339 g/mol. The molecule has 5 nitrogen and oxygen atoms in total. The Morgan fingerprint density at radius 3 is 2.82 bits per heavy atom. The van der Waals surface area contributed by atoms with Crippen molar-refractivity contribution in [3.05, 3.63) is 16.1 Å². The van der Waals surface area contributed by atoms with E-state index in [-0.39, 0.29) is 23.8 Å². The van der Waals surface area contributed by atoms with Crippen LogP contribution in [0.25, 0.3) is 0 Å². The number of hydrogen-bond acceptors (Lipinski definition) is 5. The number of carbonyl (C=O) groups excluding carboxylic acids is 2.